The van der Waals surface area contributed by atoms with Crippen LogP contribution < -0.4 is 9.47 Å². The number of amides is 1. The molecule has 6 nitrogen and oxygen atoms in total. The third-order valence-electron chi connectivity index (χ3n) is 6.98. The van der Waals surface area contributed by atoms with Crippen LogP contribution in [0.4, 0.5) is 0 Å². The Balaban J connectivity index is 1.20. The van der Waals surface area contributed by atoms with Crippen molar-refractivity contribution >= 4 is 12.0 Å². The maximum atomic E-state index is 13.1. The summed E-state index contributed by atoms with van der Waals surface area (Å²) in [5.74, 6) is 2.22. The molecular formula is C28H37N3O3. The molecular weight excluding hydrogens is 426 g/mol. The van der Waals surface area contributed by atoms with Crippen LogP contribution in [0.3, 0.4) is 0 Å². The number of piperidine rings is 1. The van der Waals surface area contributed by atoms with Gasteiger partial charge in [-0.15, -0.1) is 0 Å². The predicted octanol–water partition coefficient (Wildman–Crippen LogP) is 3.77. The molecule has 2 aliphatic rings. The highest BCUT2D eigenvalue weighted by Crippen LogP contribution is 2.28. The SMILES string of the molecule is COc1ccc(OC)c(CN2CCC(C(=O)N3CCN(C/C=C/c4ccccc4)CC3)CC2)c1. The minimum absolute atomic E-state index is 0.146. The van der Waals surface area contributed by atoms with Crippen LogP contribution in [0.25, 0.3) is 6.08 Å². The van der Waals surface area contributed by atoms with E-state index in [-0.39, 0.29) is 5.92 Å². The lowest BCUT2D eigenvalue weighted by Gasteiger charge is -2.38. The minimum Gasteiger partial charge on any atom is -0.497 e. The summed E-state index contributed by atoms with van der Waals surface area (Å²) in [5, 5.41) is 0. The first-order chi connectivity index (χ1) is 16.7. The van der Waals surface area contributed by atoms with Crippen LogP contribution in [0.2, 0.25) is 0 Å². The van der Waals surface area contributed by atoms with Gasteiger partial charge in [0, 0.05) is 50.7 Å². The number of nitrogens with zero attached hydrogens (tertiary/aromatic N) is 3. The Morgan fingerprint density at radius 3 is 2.32 bits per heavy atom. The van der Waals surface area contributed by atoms with E-state index in [2.05, 4.69) is 51.1 Å². The number of ether oxygens (including phenoxy) is 2. The molecule has 0 N–H and O–H groups in total. The largest absolute Gasteiger partial charge is 0.497 e. The molecule has 6 heteroatoms. The van der Waals surface area contributed by atoms with Gasteiger partial charge in [0.25, 0.3) is 0 Å². The molecule has 1 amide bonds. The van der Waals surface area contributed by atoms with Gasteiger partial charge in [-0.1, -0.05) is 42.5 Å². The third kappa shape index (κ3) is 6.39. The van der Waals surface area contributed by atoms with Crippen LogP contribution in [0.15, 0.2) is 54.6 Å². The lowest BCUT2D eigenvalue weighted by molar-refractivity contribution is -0.138. The minimum atomic E-state index is 0.146. The molecule has 2 aromatic rings. The van der Waals surface area contributed by atoms with Crippen molar-refractivity contribution < 1.29 is 14.3 Å². The smallest absolute Gasteiger partial charge is 0.225 e. The summed E-state index contributed by atoms with van der Waals surface area (Å²) in [6.07, 6.45) is 6.24. The van der Waals surface area contributed by atoms with Crippen molar-refractivity contribution in [3.63, 3.8) is 0 Å². The van der Waals surface area contributed by atoms with Gasteiger partial charge >= 0.3 is 0 Å². The fraction of sp³-hybridized carbons (Fsp3) is 0.464. The Morgan fingerprint density at radius 2 is 1.65 bits per heavy atom. The van der Waals surface area contributed by atoms with Crippen molar-refractivity contribution in [3.05, 3.63) is 65.7 Å². The average molecular weight is 464 g/mol. The zero-order valence-corrected chi connectivity index (χ0v) is 20.5. The summed E-state index contributed by atoms with van der Waals surface area (Å²) in [7, 11) is 3.39. The second kappa shape index (κ2) is 12.0. The van der Waals surface area contributed by atoms with Crippen LogP contribution in [-0.4, -0.2) is 80.6 Å². The quantitative estimate of drug-likeness (QED) is 0.596. The first kappa shape index (κ1) is 24.3. The van der Waals surface area contributed by atoms with Crippen molar-refractivity contribution in [2.24, 2.45) is 5.92 Å². The molecule has 0 bridgehead atoms. The number of carbonyl (C=O) groups is 1. The summed E-state index contributed by atoms with van der Waals surface area (Å²) in [6, 6.07) is 16.3. The first-order valence-electron chi connectivity index (χ1n) is 12.3. The second-order valence-corrected chi connectivity index (χ2v) is 9.17. The number of likely N-dealkylation sites (tertiary alicyclic amines) is 1. The molecule has 0 unspecified atom stereocenters. The molecule has 2 saturated heterocycles. The number of hydrogen-bond acceptors (Lipinski definition) is 5. The lowest BCUT2D eigenvalue weighted by atomic mass is 9.94. The lowest BCUT2D eigenvalue weighted by Crippen LogP contribution is -2.51. The Bertz CT molecular complexity index is 947. The van der Waals surface area contributed by atoms with Gasteiger partial charge in [-0.05, 0) is 49.7 Å². The van der Waals surface area contributed by atoms with Gasteiger partial charge in [0.15, 0.2) is 0 Å². The molecule has 0 spiro atoms. The summed E-state index contributed by atoms with van der Waals surface area (Å²) >= 11 is 0. The van der Waals surface area contributed by atoms with E-state index in [9.17, 15) is 4.79 Å². The van der Waals surface area contributed by atoms with Crippen LogP contribution >= 0.6 is 0 Å². The molecule has 0 atom stereocenters. The summed E-state index contributed by atoms with van der Waals surface area (Å²) in [5.41, 5.74) is 2.36. The highest BCUT2D eigenvalue weighted by molar-refractivity contribution is 5.79. The normalized spacial score (nSPS) is 18.4. The molecule has 2 fully saturated rings. The fourth-order valence-corrected chi connectivity index (χ4v) is 4.90. The third-order valence-corrected chi connectivity index (χ3v) is 6.98. The van der Waals surface area contributed by atoms with Crippen LogP contribution in [0.5, 0.6) is 11.5 Å². The fourth-order valence-electron chi connectivity index (χ4n) is 4.90. The van der Waals surface area contributed by atoms with Crippen molar-refractivity contribution in [2.45, 2.75) is 19.4 Å². The Labute approximate surface area is 203 Å². The highest BCUT2D eigenvalue weighted by atomic mass is 16.5. The highest BCUT2D eigenvalue weighted by Gasteiger charge is 2.30. The Hall–Kier alpha value is -2.83. The van der Waals surface area contributed by atoms with Crippen LogP contribution in [0.1, 0.15) is 24.0 Å². The number of rotatable bonds is 8. The molecule has 2 aromatic carbocycles. The monoisotopic (exact) mass is 463 g/mol. The van der Waals surface area contributed by atoms with Crippen molar-refractivity contribution in [3.8, 4) is 11.5 Å². The second-order valence-electron chi connectivity index (χ2n) is 9.17. The molecule has 2 heterocycles. The average Bonchev–Trinajstić information content (AvgIpc) is 2.90. The van der Waals surface area contributed by atoms with Crippen molar-refractivity contribution in [1.29, 1.82) is 0 Å². The van der Waals surface area contributed by atoms with E-state index in [1.54, 1.807) is 14.2 Å². The summed E-state index contributed by atoms with van der Waals surface area (Å²) in [4.78, 5) is 20.1. The molecule has 182 valence electrons. The van der Waals surface area contributed by atoms with E-state index in [4.69, 9.17) is 9.47 Å². The number of methoxy groups -OCH3 is 2. The van der Waals surface area contributed by atoms with Gasteiger partial charge in [0.1, 0.15) is 11.5 Å². The van der Waals surface area contributed by atoms with Crippen LogP contribution in [-0.2, 0) is 11.3 Å². The van der Waals surface area contributed by atoms with Gasteiger partial charge in [-0.3, -0.25) is 14.6 Å². The molecule has 2 aliphatic heterocycles. The maximum Gasteiger partial charge on any atom is 0.225 e. The molecule has 0 radical (unpaired) electrons. The number of hydrogen-bond donors (Lipinski definition) is 0. The van der Waals surface area contributed by atoms with E-state index in [0.717, 1.165) is 82.3 Å². The van der Waals surface area contributed by atoms with Gasteiger partial charge in [-0.2, -0.15) is 0 Å². The predicted molar refractivity (Wildman–Crippen MR) is 136 cm³/mol. The Morgan fingerprint density at radius 1 is 0.912 bits per heavy atom. The summed E-state index contributed by atoms with van der Waals surface area (Å²) < 4.78 is 10.9. The zero-order valence-electron chi connectivity index (χ0n) is 20.5. The van der Waals surface area contributed by atoms with Gasteiger partial charge in [-0.25, -0.2) is 0 Å². The number of benzene rings is 2. The first-order valence-corrected chi connectivity index (χ1v) is 12.3. The number of piperazine rings is 1. The zero-order chi connectivity index (χ0) is 23.8. The van der Waals surface area contributed by atoms with E-state index >= 15 is 0 Å². The van der Waals surface area contributed by atoms with Crippen molar-refractivity contribution in [2.75, 3.05) is 60.0 Å². The topological polar surface area (TPSA) is 45.3 Å². The standard InChI is InChI=1S/C28H37N3O3/c1-33-26-10-11-27(34-2)25(21-26)22-30-15-12-24(13-16-30)28(32)31-19-17-29(18-20-31)14-6-9-23-7-4-3-5-8-23/h3-11,21,24H,12-20,22H2,1-2H3/b9-6+. The number of carbonyl (C=O) groups excluding carboxylic acids is 1. The van der Waals surface area contributed by atoms with E-state index in [0.29, 0.717) is 5.91 Å². The molecule has 34 heavy (non-hydrogen) atoms. The summed E-state index contributed by atoms with van der Waals surface area (Å²) in [6.45, 7) is 7.17. The van der Waals surface area contributed by atoms with Gasteiger partial charge in [0.2, 0.25) is 5.91 Å². The molecule has 0 aliphatic carbocycles. The van der Waals surface area contributed by atoms with E-state index in [1.165, 1.54) is 5.56 Å². The molecule has 0 saturated carbocycles. The molecule has 0 aromatic heterocycles. The van der Waals surface area contributed by atoms with Crippen molar-refractivity contribution in [1.82, 2.24) is 14.7 Å². The Kier molecular flexibility index (Phi) is 8.61. The van der Waals surface area contributed by atoms with Gasteiger partial charge in [0.05, 0.1) is 14.2 Å². The van der Waals surface area contributed by atoms with Gasteiger partial charge < -0.3 is 14.4 Å². The molecule has 4 rings (SSSR count). The van der Waals surface area contributed by atoms with E-state index < -0.39 is 0 Å². The van der Waals surface area contributed by atoms with E-state index in [1.807, 2.05) is 24.3 Å². The maximum absolute atomic E-state index is 13.1. The van der Waals surface area contributed by atoms with Crippen LogP contribution in [0, 0.1) is 5.92 Å².